The zero-order chi connectivity index (χ0) is 12.7. The number of ether oxygens (including phenoxy) is 2. The van der Waals surface area contributed by atoms with Crippen molar-refractivity contribution in [2.24, 2.45) is 0 Å². The molecule has 1 heterocycles. The summed E-state index contributed by atoms with van der Waals surface area (Å²) in [5, 5.41) is 3.67. The van der Waals surface area contributed by atoms with Gasteiger partial charge in [0.15, 0.2) is 5.16 Å². The van der Waals surface area contributed by atoms with Gasteiger partial charge in [-0.15, -0.1) is 0 Å². The fourth-order valence-corrected chi connectivity index (χ4v) is 1.58. The molecule has 6 heteroatoms. The average Bonchev–Trinajstić information content (AvgIpc) is 2.35. The Labute approximate surface area is 106 Å². The molecular weight excluding hydrogens is 238 g/mol. The van der Waals surface area contributed by atoms with Gasteiger partial charge in [-0.25, -0.2) is 4.98 Å². The van der Waals surface area contributed by atoms with Gasteiger partial charge in [0.05, 0.1) is 6.61 Å². The maximum Gasteiger partial charge on any atom is 0.219 e. The van der Waals surface area contributed by atoms with Crippen LogP contribution in [0.3, 0.4) is 0 Å². The molecule has 96 valence electrons. The van der Waals surface area contributed by atoms with Crippen LogP contribution in [-0.4, -0.2) is 42.6 Å². The van der Waals surface area contributed by atoms with Crippen LogP contribution in [0.4, 0.5) is 5.82 Å². The minimum atomic E-state index is -0.0238. The van der Waals surface area contributed by atoms with Crippen molar-refractivity contribution >= 4 is 17.6 Å². The molecule has 0 radical (unpaired) electrons. The lowest BCUT2D eigenvalue weighted by Crippen LogP contribution is -2.20. The number of anilines is 1. The lowest BCUT2D eigenvalue weighted by molar-refractivity contribution is 0.0629. The molecule has 1 unspecified atom stereocenters. The lowest BCUT2D eigenvalue weighted by atomic mass is 10.4. The van der Waals surface area contributed by atoms with E-state index in [1.807, 2.05) is 27.2 Å². The van der Waals surface area contributed by atoms with Gasteiger partial charge >= 0.3 is 0 Å². The van der Waals surface area contributed by atoms with E-state index in [0.29, 0.717) is 24.3 Å². The van der Waals surface area contributed by atoms with E-state index in [4.69, 9.17) is 9.47 Å². The van der Waals surface area contributed by atoms with E-state index in [0.717, 1.165) is 5.82 Å². The molecule has 0 aliphatic carbocycles. The van der Waals surface area contributed by atoms with Crippen molar-refractivity contribution in [1.82, 2.24) is 9.97 Å². The Morgan fingerprint density at radius 2 is 2.24 bits per heavy atom. The number of nitrogens with zero attached hydrogens (tertiary/aromatic N) is 2. The first-order valence-corrected chi connectivity index (χ1v) is 6.77. The Morgan fingerprint density at radius 3 is 2.82 bits per heavy atom. The fourth-order valence-electron chi connectivity index (χ4n) is 1.21. The molecule has 1 N–H and O–H groups in total. The Balaban J connectivity index is 2.68. The molecule has 0 fully saturated rings. The zero-order valence-corrected chi connectivity index (χ0v) is 11.5. The molecule has 0 saturated carbocycles. The Hall–Kier alpha value is -1.01. The molecule has 17 heavy (non-hydrogen) atoms. The van der Waals surface area contributed by atoms with E-state index in [-0.39, 0.29) is 6.10 Å². The van der Waals surface area contributed by atoms with Crippen molar-refractivity contribution in [2.75, 3.05) is 31.8 Å². The molecule has 1 rings (SSSR count). The maximum atomic E-state index is 5.67. The number of aromatic nitrogens is 2. The smallest absolute Gasteiger partial charge is 0.219 e. The molecular formula is C11H19N3O2S. The molecule has 0 saturated heterocycles. The van der Waals surface area contributed by atoms with Gasteiger partial charge < -0.3 is 14.8 Å². The molecule has 0 spiro atoms. The summed E-state index contributed by atoms with van der Waals surface area (Å²) in [5.74, 6) is 1.32. The summed E-state index contributed by atoms with van der Waals surface area (Å²) in [5.41, 5.74) is 0. The Bertz CT molecular complexity index is 327. The van der Waals surface area contributed by atoms with Crippen molar-refractivity contribution in [1.29, 1.82) is 0 Å². The summed E-state index contributed by atoms with van der Waals surface area (Å²) in [4.78, 5) is 8.55. The highest BCUT2D eigenvalue weighted by Gasteiger charge is 2.08. The van der Waals surface area contributed by atoms with Crippen molar-refractivity contribution < 1.29 is 9.47 Å². The first-order chi connectivity index (χ1) is 8.19. The van der Waals surface area contributed by atoms with Crippen molar-refractivity contribution in [2.45, 2.75) is 25.1 Å². The number of rotatable bonds is 7. The van der Waals surface area contributed by atoms with Gasteiger partial charge in [-0.3, -0.25) is 0 Å². The SMILES string of the molecule is CCOCC(C)Oc1cc(NC)nc(SC)n1. The highest BCUT2D eigenvalue weighted by atomic mass is 32.2. The van der Waals surface area contributed by atoms with Gasteiger partial charge in [-0.2, -0.15) is 4.98 Å². The molecule has 1 aromatic heterocycles. The number of hydrogen-bond donors (Lipinski definition) is 1. The predicted octanol–water partition coefficient (Wildman–Crippen LogP) is 2.04. The van der Waals surface area contributed by atoms with Crippen LogP contribution in [0.5, 0.6) is 5.88 Å². The van der Waals surface area contributed by atoms with Crippen LogP contribution < -0.4 is 10.1 Å². The number of thioether (sulfide) groups is 1. The second-order valence-corrected chi connectivity index (χ2v) is 4.19. The Kier molecular flexibility index (Phi) is 6.07. The summed E-state index contributed by atoms with van der Waals surface area (Å²) in [6.07, 6.45) is 1.91. The Morgan fingerprint density at radius 1 is 1.47 bits per heavy atom. The first kappa shape index (κ1) is 14.1. The first-order valence-electron chi connectivity index (χ1n) is 5.54. The number of nitrogens with one attached hydrogen (secondary N) is 1. The van der Waals surface area contributed by atoms with Crippen molar-refractivity contribution in [3.63, 3.8) is 0 Å². The van der Waals surface area contributed by atoms with Crippen LogP contribution in [0, 0.1) is 0 Å². The second-order valence-electron chi connectivity index (χ2n) is 3.42. The van der Waals surface area contributed by atoms with Crippen LogP contribution in [-0.2, 0) is 4.74 Å². The lowest BCUT2D eigenvalue weighted by Gasteiger charge is -2.14. The quantitative estimate of drug-likeness (QED) is 0.596. The van der Waals surface area contributed by atoms with Crippen LogP contribution >= 0.6 is 11.8 Å². The summed E-state index contributed by atoms with van der Waals surface area (Å²) < 4.78 is 11.0. The van der Waals surface area contributed by atoms with Gasteiger partial charge in [0.2, 0.25) is 5.88 Å². The highest BCUT2D eigenvalue weighted by molar-refractivity contribution is 7.98. The molecule has 0 aliphatic rings. The summed E-state index contributed by atoms with van der Waals surface area (Å²) in [6.45, 7) is 5.16. The summed E-state index contributed by atoms with van der Waals surface area (Å²) in [6, 6.07) is 1.78. The number of hydrogen-bond acceptors (Lipinski definition) is 6. The van der Waals surface area contributed by atoms with Crippen LogP contribution in [0.15, 0.2) is 11.2 Å². The third kappa shape index (κ3) is 4.79. The van der Waals surface area contributed by atoms with Crippen molar-refractivity contribution in [3.05, 3.63) is 6.07 Å². The molecule has 1 atom stereocenters. The van der Waals surface area contributed by atoms with Gasteiger partial charge in [0.25, 0.3) is 0 Å². The van der Waals surface area contributed by atoms with E-state index in [2.05, 4.69) is 15.3 Å². The predicted molar refractivity (Wildman–Crippen MR) is 69.9 cm³/mol. The minimum absolute atomic E-state index is 0.0238. The largest absolute Gasteiger partial charge is 0.472 e. The molecule has 1 aromatic rings. The molecule has 0 bridgehead atoms. The highest BCUT2D eigenvalue weighted by Crippen LogP contribution is 2.19. The molecule has 0 aliphatic heterocycles. The summed E-state index contributed by atoms with van der Waals surface area (Å²) >= 11 is 1.48. The van der Waals surface area contributed by atoms with Gasteiger partial charge in [-0.1, -0.05) is 11.8 Å². The monoisotopic (exact) mass is 257 g/mol. The van der Waals surface area contributed by atoms with Gasteiger partial charge in [-0.05, 0) is 20.1 Å². The molecule has 0 aromatic carbocycles. The third-order valence-corrected chi connectivity index (χ3v) is 2.55. The van der Waals surface area contributed by atoms with Gasteiger partial charge in [0, 0.05) is 19.7 Å². The molecule has 0 amide bonds. The van der Waals surface area contributed by atoms with Crippen LogP contribution in [0.25, 0.3) is 0 Å². The van der Waals surface area contributed by atoms with E-state index < -0.39 is 0 Å². The van der Waals surface area contributed by atoms with E-state index in [1.54, 1.807) is 6.07 Å². The third-order valence-electron chi connectivity index (χ3n) is 2.00. The van der Waals surface area contributed by atoms with E-state index >= 15 is 0 Å². The topological polar surface area (TPSA) is 56.3 Å². The normalized spacial score (nSPS) is 12.2. The zero-order valence-electron chi connectivity index (χ0n) is 10.7. The van der Waals surface area contributed by atoms with Crippen LogP contribution in [0.1, 0.15) is 13.8 Å². The average molecular weight is 257 g/mol. The van der Waals surface area contributed by atoms with E-state index in [1.165, 1.54) is 11.8 Å². The van der Waals surface area contributed by atoms with Crippen molar-refractivity contribution in [3.8, 4) is 5.88 Å². The van der Waals surface area contributed by atoms with Gasteiger partial charge in [0.1, 0.15) is 11.9 Å². The maximum absolute atomic E-state index is 5.67. The minimum Gasteiger partial charge on any atom is -0.472 e. The summed E-state index contributed by atoms with van der Waals surface area (Å²) in [7, 11) is 1.82. The fraction of sp³-hybridized carbons (Fsp3) is 0.636. The second kappa shape index (κ2) is 7.34. The standard InChI is InChI=1S/C11H19N3O2S/c1-5-15-7-8(2)16-10-6-9(12-3)13-11(14-10)17-4/h6,8H,5,7H2,1-4H3,(H,12,13,14). The molecule has 5 nitrogen and oxygen atoms in total. The van der Waals surface area contributed by atoms with E-state index in [9.17, 15) is 0 Å². The van der Waals surface area contributed by atoms with Crippen LogP contribution in [0.2, 0.25) is 0 Å².